The van der Waals surface area contributed by atoms with Crippen molar-refractivity contribution in [2.24, 2.45) is 5.92 Å². The summed E-state index contributed by atoms with van der Waals surface area (Å²) in [6.45, 7) is 12.6. The van der Waals surface area contributed by atoms with E-state index in [1.807, 2.05) is 81.2 Å². The van der Waals surface area contributed by atoms with E-state index in [-0.39, 0.29) is 22.9 Å². The van der Waals surface area contributed by atoms with Crippen LogP contribution in [0.15, 0.2) is 91.1 Å². The van der Waals surface area contributed by atoms with Crippen molar-refractivity contribution < 1.29 is 9.18 Å². The molecule has 6 heteroatoms. The van der Waals surface area contributed by atoms with E-state index < -0.39 is 0 Å². The zero-order valence-corrected chi connectivity index (χ0v) is 26.0. The first kappa shape index (κ1) is 31.3. The smallest absolute Gasteiger partial charge is 0.227 e. The maximum atomic E-state index is 14.0. The number of rotatable bonds is 12. The molecule has 2 atom stereocenters. The van der Waals surface area contributed by atoms with E-state index in [1.54, 1.807) is 18.0 Å². The molecule has 1 aromatic heterocycles. The number of hydrogen-bond donors (Lipinski definition) is 1. The van der Waals surface area contributed by atoms with Crippen LogP contribution in [0.4, 0.5) is 15.8 Å². The van der Waals surface area contributed by atoms with Gasteiger partial charge in [-0.1, -0.05) is 62.4 Å². The molecule has 0 saturated heterocycles. The van der Waals surface area contributed by atoms with Crippen LogP contribution >= 0.6 is 11.9 Å². The van der Waals surface area contributed by atoms with Crippen LogP contribution < -0.4 is 9.62 Å². The van der Waals surface area contributed by atoms with Crippen molar-refractivity contribution in [2.45, 2.75) is 71.6 Å². The number of halogens is 1. The van der Waals surface area contributed by atoms with Crippen LogP contribution in [-0.2, 0) is 24.2 Å². The van der Waals surface area contributed by atoms with Gasteiger partial charge in [0, 0.05) is 28.7 Å². The summed E-state index contributed by atoms with van der Waals surface area (Å²) in [5.41, 5.74) is 7.76. The normalized spacial score (nSPS) is 15.5. The van der Waals surface area contributed by atoms with Crippen molar-refractivity contribution in [1.82, 2.24) is 4.98 Å². The highest BCUT2D eigenvalue weighted by molar-refractivity contribution is 8.00. The molecule has 0 saturated carbocycles. The Morgan fingerprint density at radius 2 is 2.05 bits per heavy atom. The molecule has 4 nitrogen and oxygen atoms in total. The van der Waals surface area contributed by atoms with Crippen LogP contribution in [-0.4, -0.2) is 10.9 Å². The second-order valence-electron chi connectivity index (χ2n) is 11.0. The van der Waals surface area contributed by atoms with Gasteiger partial charge in [-0.15, -0.1) is 0 Å². The van der Waals surface area contributed by atoms with E-state index in [4.69, 9.17) is 4.98 Å². The molecule has 1 heterocycles. The second kappa shape index (κ2) is 15.0. The van der Waals surface area contributed by atoms with Crippen molar-refractivity contribution in [3.8, 4) is 0 Å². The lowest BCUT2D eigenvalue weighted by molar-refractivity contribution is -0.119. The van der Waals surface area contributed by atoms with Gasteiger partial charge in [0.1, 0.15) is 5.82 Å². The van der Waals surface area contributed by atoms with Gasteiger partial charge in [0.25, 0.3) is 0 Å². The molecule has 2 unspecified atom stereocenters. The Hall–Kier alpha value is -3.64. The third-order valence-corrected chi connectivity index (χ3v) is 8.87. The Balaban J connectivity index is 1.59. The van der Waals surface area contributed by atoms with E-state index in [1.165, 1.54) is 17.2 Å². The van der Waals surface area contributed by atoms with Crippen molar-refractivity contribution in [2.75, 3.05) is 9.62 Å². The zero-order valence-electron chi connectivity index (χ0n) is 25.2. The highest BCUT2D eigenvalue weighted by atomic mass is 32.2. The van der Waals surface area contributed by atoms with Crippen LogP contribution in [0, 0.1) is 18.7 Å². The monoisotopic (exact) mass is 583 g/mol. The maximum absolute atomic E-state index is 14.0. The molecule has 1 aliphatic rings. The average molecular weight is 584 g/mol. The minimum Gasteiger partial charge on any atom is -0.329 e. The number of nitrogens with zero attached hydrogens (tertiary/aromatic N) is 2. The minimum atomic E-state index is -0.166. The number of fused-ring (bicyclic) bond motifs is 1. The summed E-state index contributed by atoms with van der Waals surface area (Å²) >= 11 is 1.66. The van der Waals surface area contributed by atoms with Gasteiger partial charge < -0.3 is 9.62 Å². The first-order valence-corrected chi connectivity index (χ1v) is 15.7. The lowest BCUT2D eigenvalue weighted by Crippen LogP contribution is -2.32. The van der Waals surface area contributed by atoms with Crippen LogP contribution in [0.1, 0.15) is 73.4 Å². The minimum absolute atomic E-state index is 0.000766. The molecule has 4 rings (SSSR count). The van der Waals surface area contributed by atoms with Crippen LogP contribution in [0.5, 0.6) is 0 Å². The lowest BCUT2D eigenvalue weighted by atomic mass is 9.90. The summed E-state index contributed by atoms with van der Waals surface area (Å²) in [4.78, 5) is 20.5. The number of amides is 1. The number of carbonyl (C=O) groups is 1. The van der Waals surface area contributed by atoms with Gasteiger partial charge in [-0.2, -0.15) is 0 Å². The Kier molecular flexibility index (Phi) is 11.2. The standard InChI is InChI=1S/C36H42FN3OS/c1-6-8-9-12-25(3)26(4)21-36(41)40(24-31-15-10-13-27(5)38-31)32-19-17-29-14-11-16-35(33(29)23-32)42-39-30-18-20-34(37)28(7-2)22-30/h6,8-10,12-13,15,17-20,22-23,26,35,39H,3,7,11,14,16,21,24H2,1-2,4-5H3/b8-6-,12-9-. The fourth-order valence-electron chi connectivity index (χ4n) is 5.21. The number of anilines is 2. The predicted octanol–water partition coefficient (Wildman–Crippen LogP) is 9.48. The van der Waals surface area contributed by atoms with Gasteiger partial charge in [-0.3, -0.25) is 9.78 Å². The first-order valence-electron chi connectivity index (χ1n) is 14.8. The Bertz CT molecular complexity index is 1460. The molecule has 1 aliphatic carbocycles. The number of pyridine rings is 1. The number of benzene rings is 2. The number of aromatic nitrogens is 1. The number of carbonyl (C=O) groups excluding carboxylic acids is 1. The van der Waals surface area contributed by atoms with Crippen molar-refractivity contribution >= 4 is 29.2 Å². The van der Waals surface area contributed by atoms with Gasteiger partial charge in [0.15, 0.2) is 0 Å². The molecule has 0 fully saturated rings. The molecule has 1 amide bonds. The topological polar surface area (TPSA) is 45.2 Å². The molecular weight excluding hydrogens is 541 g/mol. The Labute approximate surface area is 255 Å². The van der Waals surface area contributed by atoms with Gasteiger partial charge in [-0.05, 0) is 117 Å². The molecular formula is C36H42FN3OS. The van der Waals surface area contributed by atoms with Crippen molar-refractivity contribution in [3.05, 3.63) is 125 Å². The molecule has 2 aromatic carbocycles. The third kappa shape index (κ3) is 8.22. The summed E-state index contributed by atoms with van der Waals surface area (Å²) in [5.74, 6) is -0.121. The number of allylic oxidation sites excluding steroid dienone is 5. The highest BCUT2D eigenvalue weighted by Gasteiger charge is 2.25. The molecule has 42 heavy (non-hydrogen) atoms. The fraction of sp³-hybridized carbons (Fsp3) is 0.333. The fourth-order valence-corrected chi connectivity index (χ4v) is 6.25. The summed E-state index contributed by atoms with van der Waals surface area (Å²) in [5, 5.41) is 0.216. The molecule has 0 bridgehead atoms. The second-order valence-corrected chi connectivity index (χ2v) is 12.0. The molecule has 3 aromatic rings. The number of nitrogens with one attached hydrogen (secondary N) is 1. The van der Waals surface area contributed by atoms with Crippen molar-refractivity contribution in [1.29, 1.82) is 0 Å². The number of aryl methyl sites for hydroxylation is 3. The number of hydrogen-bond acceptors (Lipinski definition) is 4. The average Bonchev–Trinajstić information content (AvgIpc) is 2.99. The maximum Gasteiger partial charge on any atom is 0.227 e. The van der Waals surface area contributed by atoms with Gasteiger partial charge in [-0.25, -0.2) is 4.39 Å². The van der Waals surface area contributed by atoms with E-state index in [2.05, 4.69) is 29.5 Å². The summed E-state index contributed by atoms with van der Waals surface area (Å²) in [7, 11) is 0. The van der Waals surface area contributed by atoms with E-state index in [9.17, 15) is 9.18 Å². The Morgan fingerprint density at radius 1 is 1.21 bits per heavy atom. The quantitative estimate of drug-likeness (QED) is 0.170. The predicted molar refractivity (Wildman–Crippen MR) is 176 cm³/mol. The summed E-state index contributed by atoms with van der Waals surface area (Å²) in [6, 6.07) is 17.6. The van der Waals surface area contributed by atoms with E-state index in [0.29, 0.717) is 24.9 Å². The Morgan fingerprint density at radius 3 is 2.81 bits per heavy atom. The lowest BCUT2D eigenvalue weighted by Gasteiger charge is -2.29. The zero-order chi connectivity index (χ0) is 30.1. The molecule has 0 radical (unpaired) electrons. The molecule has 1 N–H and O–H groups in total. The van der Waals surface area contributed by atoms with Crippen LogP contribution in [0.3, 0.4) is 0 Å². The third-order valence-electron chi connectivity index (χ3n) is 7.74. The first-order chi connectivity index (χ1) is 20.3. The van der Waals surface area contributed by atoms with E-state index >= 15 is 0 Å². The highest BCUT2D eigenvalue weighted by Crippen LogP contribution is 2.42. The van der Waals surface area contributed by atoms with Crippen molar-refractivity contribution in [3.63, 3.8) is 0 Å². The molecule has 0 spiro atoms. The summed E-state index contributed by atoms with van der Waals surface area (Å²) in [6.07, 6.45) is 12.0. The van der Waals surface area contributed by atoms with Crippen LogP contribution in [0.2, 0.25) is 0 Å². The van der Waals surface area contributed by atoms with Crippen LogP contribution in [0.25, 0.3) is 0 Å². The SMILES string of the molecule is C=C(/C=C\C=C/C)C(C)CC(=O)N(Cc1cccc(C)n1)c1ccc2c(c1)C(SNc1ccc(F)c(CC)c1)CCC2. The largest absolute Gasteiger partial charge is 0.329 e. The molecule has 220 valence electrons. The van der Waals surface area contributed by atoms with Gasteiger partial charge in [0.05, 0.1) is 12.2 Å². The molecule has 0 aliphatic heterocycles. The van der Waals surface area contributed by atoms with E-state index in [0.717, 1.165) is 47.6 Å². The van der Waals surface area contributed by atoms with Gasteiger partial charge >= 0.3 is 0 Å². The summed E-state index contributed by atoms with van der Waals surface area (Å²) < 4.78 is 17.5. The van der Waals surface area contributed by atoms with Gasteiger partial charge in [0.2, 0.25) is 5.91 Å².